The van der Waals surface area contributed by atoms with E-state index in [0.717, 1.165) is 13.0 Å². The molecule has 0 amide bonds. The van der Waals surface area contributed by atoms with Crippen molar-refractivity contribution in [3.63, 3.8) is 0 Å². The molecule has 1 aromatic rings. The van der Waals surface area contributed by atoms with Gasteiger partial charge in [-0.05, 0) is 33.4 Å². The lowest BCUT2D eigenvalue weighted by atomic mass is 10.0. The van der Waals surface area contributed by atoms with E-state index in [9.17, 15) is 10.1 Å². The molecule has 0 bridgehead atoms. The van der Waals surface area contributed by atoms with Crippen LogP contribution in [0.4, 0.5) is 11.5 Å². The molecule has 7 heteroatoms. The van der Waals surface area contributed by atoms with Crippen molar-refractivity contribution < 1.29 is 9.66 Å². The fraction of sp³-hybridized carbons (Fsp3) is 0.643. The van der Waals surface area contributed by atoms with E-state index in [2.05, 4.69) is 22.2 Å². The lowest BCUT2D eigenvalue weighted by molar-refractivity contribution is -0.384. The fourth-order valence-corrected chi connectivity index (χ4v) is 2.48. The molecule has 0 spiro atoms. The van der Waals surface area contributed by atoms with Crippen LogP contribution in [0.5, 0.6) is 5.88 Å². The molecule has 116 valence electrons. The maximum absolute atomic E-state index is 11.0. The smallest absolute Gasteiger partial charge is 0.278 e. The van der Waals surface area contributed by atoms with Crippen molar-refractivity contribution in [2.45, 2.75) is 32.2 Å². The summed E-state index contributed by atoms with van der Waals surface area (Å²) in [6.07, 6.45) is 3.50. The maximum atomic E-state index is 11.0. The molecule has 1 N–H and O–H groups in total. The first-order valence-corrected chi connectivity index (χ1v) is 7.33. The second-order valence-electron chi connectivity index (χ2n) is 5.28. The molecule has 0 aliphatic carbocycles. The number of nitro groups is 1. The topological polar surface area (TPSA) is 80.5 Å². The van der Waals surface area contributed by atoms with E-state index >= 15 is 0 Å². The molecule has 1 aliphatic heterocycles. The van der Waals surface area contributed by atoms with Crippen LogP contribution < -0.4 is 10.1 Å². The monoisotopic (exact) mass is 294 g/mol. The number of nitrogens with zero attached hydrogens (tertiary/aromatic N) is 3. The number of aromatic nitrogens is 1. The summed E-state index contributed by atoms with van der Waals surface area (Å²) in [5, 5.41) is 13.9. The van der Waals surface area contributed by atoms with Crippen molar-refractivity contribution in [1.82, 2.24) is 9.88 Å². The van der Waals surface area contributed by atoms with Gasteiger partial charge in [0.2, 0.25) is 5.88 Å². The van der Waals surface area contributed by atoms with Crippen LogP contribution in [0.2, 0.25) is 0 Å². The normalized spacial score (nSPS) is 19.2. The Balaban J connectivity index is 2.05. The second kappa shape index (κ2) is 7.21. The summed E-state index contributed by atoms with van der Waals surface area (Å²) in [6.45, 7) is 4.15. The molecule has 1 saturated heterocycles. The Kier molecular flexibility index (Phi) is 5.32. The van der Waals surface area contributed by atoms with Crippen LogP contribution in [0.1, 0.15) is 26.2 Å². The van der Waals surface area contributed by atoms with Gasteiger partial charge in [-0.3, -0.25) is 10.1 Å². The molecule has 7 nitrogen and oxygen atoms in total. The summed E-state index contributed by atoms with van der Waals surface area (Å²) in [5.74, 6) is 0.776. The Labute approximate surface area is 124 Å². The highest BCUT2D eigenvalue weighted by Crippen LogP contribution is 2.23. The van der Waals surface area contributed by atoms with Crippen LogP contribution in [0.25, 0.3) is 0 Å². The molecule has 2 heterocycles. The number of nitrogens with one attached hydrogen (secondary N) is 1. The predicted molar refractivity (Wildman–Crippen MR) is 80.8 cm³/mol. The maximum Gasteiger partial charge on any atom is 0.278 e. The van der Waals surface area contributed by atoms with Gasteiger partial charge in [-0.1, -0.05) is 6.42 Å². The van der Waals surface area contributed by atoms with Gasteiger partial charge in [-0.15, -0.1) is 0 Å². The Hall–Kier alpha value is -1.89. The van der Waals surface area contributed by atoms with Crippen molar-refractivity contribution in [1.29, 1.82) is 0 Å². The molecule has 1 aliphatic rings. The summed E-state index contributed by atoms with van der Waals surface area (Å²) in [5.41, 5.74) is -0.00653. The minimum Gasteiger partial charge on any atom is -0.476 e. The van der Waals surface area contributed by atoms with Crippen LogP contribution in [0, 0.1) is 10.1 Å². The Morgan fingerprint density at radius 2 is 2.33 bits per heavy atom. The van der Waals surface area contributed by atoms with Gasteiger partial charge in [0.1, 0.15) is 12.4 Å². The predicted octanol–water partition coefficient (Wildman–Crippen LogP) is 2.28. The molecule has 1 unspecified atom stereocenters. The molecule has 21 heavy (non-hydrogen) atoms. The number of pyridine rings is 1. The minimum absolute atomic E-state index is 0.00653. The summed E-state index contributed by atoms with van der Waals surface area (Å²) in [7, 11) is 2.08. The summed E-state index contributed by atoms with van der Waals surface area (Å²) < 4.78 is 5.70. The molecule has 2 rings (SSSR count). The summed E-state index contributed by atoms with van der Waals surface area (Å²) in [4.78, 5) is 17.1. The highest BCUT2D eigenvalue weighted by molar-refractivity contribution is 5.48. The quantitative estimate of drug-likeness (QED) is 0.640. The van der Waals surface area contributed by atoms with Gasteiger partial charge in [-0.2, -0.15) is 4.98 Å². The average Bonchev–Trinajstić information content (AvgIpc) is 2.46. The van der Waals surface area contributed by atoms with Crippen molar-refractivity contribution in [3.8, 4) is 5.88 Å². The number of piperidine rings is 1. The lowest BCUT2D eigenvalue weighted by Crippen LogP contribution is -2.40. The van der Waals surface area contributed by atoms with Crippen LogP contribution in [-0.4, -0.2) is 47.6 Å². The van der Waals surface area contributed by atoms with Gasteiger partial charge >= 0.3 is 0 Å². The number of hydrogen-bond acceptors (Lipinski definition) is 6. The zero-order valence-corrected chi connectivity index (χ0v) is 12.5. The molecule has 1 atom stereocenters. The Morgan fingerprint density at radius 1 is 1.52 bits per heavy atom. The standard InChI is InChI=1S/C14H22N4O3/c1-3-15-13-8-12(18(19)20)9-14(16-13)21-10-11-6-4-5-7-17(11)2/h8-9,11H,3-7,10H2,1-2H3,(H,15,16). The Bertz CT molecular complexity index is 495. The van der Waals surface area contributed by atoms with Crippen LogP contribution in [0.3, 0.4) is 0 Å². The SMILES string of the molecule is CCNc1cc([N+](=O)[O-])cc(OCC2CCCCN2C)n1. The zero-order valence-electron chi connectivity index (χ0n) is 12.5. The zero-order chi connectivity index (χ0) is 15.2. The third kappa shape index (κ3) is 4.29. The number of likely N-dealkylation sites (N-methyl/N-ethyl adjacent to an activating group) is 1. The van der Waals surface area contributed by atoms with E-state index in [1.165, 1.54) is 25.0 Å². The molecule has 1 aromatic heterocycles. The van der Waals surface area contributed by atoms with E-state index in [4.69, 9.17) is 4.74 Å². The van der Waals surface area contributed by atoms with Crippen molar-refractivity contribution in [3.05, 3.63) is 22.2 Å². The summed E-state index contributed by atoms with van der Waals surface area (Å²) in [6, 6.07) is 3.15. The van der Waals surface area contributed by atoms with Crippen LogP contribution in [0.15, 0.2) is 12.1 Å². The molecule has 1 fully saturated rings. The van der Waals surface area contributed by atoms with E-state index in [1.807, 2.05) is 6.92 Å². The number of ether oxygens (including phenoxy) is 1. The van der Waals surface area contributed by atoms with E-state index < -0.39 is 4.92 Å². The number of anilines is 1. The van der Waals surface area contributed by atoms with Gasteiger partial charge < -0.3 is 15.0 Å². The van der Waals surface area contributed by atoms with E-state index in [0.29, 0.717) is 30.9 Å². The number of rotatable bonds is 6. The fourth-order valence-electron chi connectivity index (χ4n) is 2.48. The third-order valence-corrected chi connectivity index (χ3v) is 3.70. The third-order valence-electron chi connectivity index (χ3n) is 3.70. The number of likely N-dealkylation sites (tertiary alicyclic amines) is 1. The highest BCUT2D eigenvalue weighted by Gasteiger charge is 2.20. The van der Waals surface area contributed by atoms with Gasteiger partial charge in [0.25, 0.3) is 5.69 Å². The van der Waals surface area contributed by atoms with Crippen LogP contribution >= 0.6 is 0 Å². The van der Waals surface area contributed by atoms with Gasteiger partial charge in [0.15, 0.2) is 0 Å². The molecular weight excluding hydrogens is 272 g/mol. The largest absolute Gasteiger partial charge is 0.476 e. The van der Waals surface area contributed by atoms with Crippen molar-refractivity contribution in [2.75, 3.05) is 32.1 Å². The van der Waals surface area contributed by atoms with Crippen LogP contribution in [-0.2, 0) is 0 Å². The van der Waals surface area contributed by atoms with Crippen molar-refractivity contribution in [2.24, 2.45) is 0 Å². The van der Waals surface area contributed by atoms with E-state index in [1.54, 1.807) is 0 Å². The van der Waals surface area contributed by atoms with Gasteiger partial charge in [-0.25, -0.2) is 0 Å². The second-order valence-corrected chi connectivity index (χ2v) is 5.28. The molecule has 0 aromatic carbocycles. The molecule has 0 saturated carbocycles. The molecular formula is C14H22N4O3. The lowest BCUT2D eigenvalue weighted by Gasteiger charge is -2.31. The number of hydrogen-bond donors (Lipinski definition) is 1. The van der Waals surface area contributed by atoms with Crippen molar-refractivity contribution >= 4 is 11.5 Å². The highest BCUT2D eigenvalue weighted by atomic mass is 16.6. The van der Waals surface area contributed by atoms with Gasteiger partial charge in [0.05, 0.1) is 17.1 Å². The first kappa shape index (κ1) is 15.5. The van der Waals surface area contributed by atoms with E-state index in [-0.39, 0.29) is 5.69 Å². The average molecular weight is 294 g/mol. The Morgan fingerprint density at radius 3 is 3.00 bits per heavy atom. The van der Waals surface area contributed by atoms with Gasteiger partial charge in [0, 0.05) is 12.6 Å². The first-order valence-electron chi connectivity index (χ1n) is 7.33. The molecule has 0 radical (unpaired) electrons. The summed E-state index contributed by atoms with van der Waals surface area (Å²) >= 11 is 0. The first-order chi connectivity index (χ1) is 10.1. The minimum atomic E-state index is -0.428.